The Hall–Kier alpha value is -3.19. The normalized spacial score (nSPS) is 19.2. The number of carbonyl (C=O) groups is 3. The van der Waals surface area contributed by atoms with Crippen molar-refractivity contribution in [2.24, 2.45) is 0 Å². The van der Waals surface area contributed by atoms with E-state index in [-0.39, 0.29) is 24.3 Å². The monoisotopic (exact) mass is 436 g/mol. The zero-order valence-electron chi connectivity index (χ0n) is 18.2. The number of ether oxygens (including phenoxy) is 1. The van der Waals surface area contributed by atoms with Crippen molar-refractivity contribution in [2.45, 2.75) is 44.1 Å². The highest BCUT2D eigenvalue weighted by Gasteiger charge is 2.35. The molecule has 2 atom stereocenters. The number of carbonyl (C=O) groups excluding carboxylic acids is 2. The van der Waals surface area contributed by atoms with Gasteiger partial charge in [-0.25, -0.2) is 0 Å². The van der Waals surface area contributed by atoms with Gasteiger partial charge < -0.3 is 15.2 Å². The van der Waals surface area contributed by atoms with Crippen LogP contribution in [0.3, 0.4) is 0 Å². The van der Waals surface area contributed by atoms with Gasteiger partial charge in [0.05, 0.1) is 18.2 Å². The number of aliphatic carboxylic acids is 1. The lowest BCUT2D eigenvalue weighted by atomic mass is 9.96. The standard InChI is InChI=1S/C25H28N2O5/c1-32-17-10-11-18-16(14-22(21(18)15-17)26-12-4-9-23(28)29)6-5-13-27-24(30)19-7-2-3-8-20(19)25(27)31/h2-3,7-8,10-11,15-16,22,26H,4-6,9,12-14H2,1H3,(H,28,29). The molecule has 2 aliphatic rings. The summed E-state index contributed by atoms with van der Waals surface area (Å²) in [6.45, 7) is 1.04. The summed E-state index contributed by atoms with van der Waals surface area (Å²) in [6, 6.07) is 13.2. The Morgan fingerprint density at radius 1 is 1.09 bits per heavy atom. The van der Waals surface area contributed by atoms with E-state index < -0.39 is 5.97 Å². The zero-order chi connectivity index (χ0) is 22.7. The molecule has 0 aromatic heterocycles. The van der Waals surface area contributed by atoms with Gasteiger partial charge in [-0.3, -0.25) is 19.3 Å². The van der Waals surface area contributed by atoms with Crippen LogP contribution < -0.4 is 10.1 Å². The highest BCUT2D eigenvalue weighted by molar-refractivity contribution is 6.21. The molecule has 0 bridgehead atoms. The van der Waals surface area contributed by atoms with Gasteiger partial charge in [0.15, 0.2) is 0 Å². The van der Waals surface area contributed by atoms with E-state index in [1.54, 1.807) is 31.4 Å². The summed E-state index contributed by atoms with van der Waals surface area (Å²) in [4.78, 5) is 37.3. The van der Waals surface area contributed by atoms with Crippen LogP contribution in [0.2, 0.25) is 0 Å². The van der Waals surface area contributed by atoms with Crippen LogP contribution in [0.5, 0.6) is 5.75 Å². The number of benzene rings is 2. The van der Waals surface area contributed by atoms with E-state index in [4.69, 9.17) is 9.84 Å². The Balaban J connectivity index is 1.38. The van der Waals surface area contributed by atoms with Crippen LogP contribution in [-0.4, -0.2) is 48.0 Å². The van der Waals surface area contributed by atoms with Crippen molar-refractivity contribution in [2.75, 3.05) is 20.2 Å². The third-order valence-electron chi connectivity index (χ3n) is 6.40. The van der Waals surface area contributed by atoms with Gasteiger partial charge in [-0.2, -0.15) is 0 Å². The van der Waals surface area contributed by atoms with Gasteiger partial charge in [0.25, 0.3) is 11.8 Å². The predicted molar refractivity (Wildman–Crippen MR) is 119 cm³/mol. The lowest BCUT2D eigenvalue weighted by Gasteiger charge is -2.17. The fraction of sp³-hybridized carbons (Fsp3) is 0.400. The molecule has 2 aromatic rings. The molecule has 2 aromatic carbocycles. The second kappa shape index (κ2) is 9.53. The molecule has 2 amide bonds. The van der Waals surface area contributed by atoms with Gasteiger partial charge in [0.2, 0.25) is 0 Å². The quantitative estimate of drug-likeness (QED) is 0.435. The summed E-state index contributed by atoms with van der Waals surface area (Å²) < 4.78 is 5.40. The number of hydrogen-bond acceptors (Lipinski definition) is 5. The van der Waals surface area contributed by atoms with Gasteiger partial charge in [-0.05, 0) is 73.5 Å². The molecule has 0 radical (unpaired) electrons. The molecule has 1 aliphatic heterocycles. The third-order valence-corrected chi connectivity index (χ3v) is 6.40. The van der Waals surface area contributed by atoms with Gasteiger partial charge in [-0.15, -0.1) is 0 Å². The summed E-state index contributed by atoms with van der Waals surface area (Å²) in [7, 11) is 1.64. The topological polar surface area (TPSA) is 95.9 Å². The van der Waals surface area contributed by atoms with E-state index in [2.05, 4.69) is 11.4 Å². The Morgan fingerprint density at radius 3 is 2.47 bits per heavy atom. The Labute approximate surface area is 187 Å². The predicted octanol–water partition coefficient (Wildman–Crippen LogP) is 3.75. The second-order valence-corrected chi connectivity index (χ2v) is 8.38. The molecule has 0 saturated carbocycles. The van der Waals surface area contributed by atoms with Crippen LogP contribution in [0.25, 0.3) is 0 Å². The SMILES string of the molecule is COc1ccc2c(c1)C(NCCCC(=O)O)CC2CCCN1C(=O)c2ccccc2C1=O. The number of nitrogens with one attached hydrogen (secondary N) is 1. The van der Waals surface area contributed by atoms with E-state index >= 15 is 0 Å². The smallest absolute Gasteiger partial charge is 0.303 e. The van der Waals surface area contributed by atoms with Gasteiger partial charge in [0, 0.05) is 19.0 Å². The molecule has 0 spiro atoms. The van der Waals surface area contributed by atoms with Crippen LogP contribution >= 0.6 is 0 Å². The van der Waals surface area contributed by atoms with Crippen LogP contribution in [0, 0.1) is 0 Å². The molecule has 168 valence electrons. The van der Waals surface area contributed by atoms with Crippen LogP contribution in [0.1, 0.15) is 75.9 Å². The Morgan fingerprint density at radius 2 is 1.81 bits per heavy atom. The summed E-state index contributed by atoms with van der Waals surface area (Å²) in [5.41, 5.74) is 3.41. The molecule has 0 saturated heterocycles. The average molecular weight is 437 g/mol. The highest BCUT2D eigenvalue weighted by atomic mass is 16.5. The molecule has 7 heteroatoms. The lowest BCUT2D eigenvalue weighted by molar-refractivity contribution is -0.137. The molecule has 1 aliphatic carbocycles. The Bertz CT molecular complexity index is 1000. The Kier molecular flexibility index (Phi) is 6.55. The molecule has 0 fully saturated rings. The largest absolute Gasteiger partial charge is 0.497 e. The summed E-state index contributed by atoms with van der Waals surface area (Å²) >= 11 is 0. The maximum absolute atomic E-state index is 12.6. The number of imide groups is 1. The molecule has 2 N–H and O–H groups in total. The van der Waals surface area contributed by atoms with E-state index in [1.807, 2.05) is 12.1 Å². The third kappa shape index (κ3) is 4.39. The maximum Gasteiger partial charge on any atom is 0.303 e. The van der Waals surface area contributed by atoms with Gasteiger partial charge in [0.1, 0.15) is 5.75 Å². The van der Waals surface area contributed by atoms with E-state index in [9.17, 15) is 14.4 Å². The number of carboxylic acid groups (broad SMARTS) is 1. The minimum Gasteiger partial charge on any atom is -0.497 e. The van der Waals surface area contributed by atoms with Crippen LogP contribution in [-0.2, 0) is 4.79 Å². The number of amides is 2. The van der Waals surface area contributed by atoms with Crippen molar-refractivity contribution in [3.63, 3.8) is 0 Å². The fourth-order valence-corrected chi connectivity index (χ4v) is 4.81. The van der Waals surface area contributed by atoms with Crippen molar-refractivity contribution in [1.82, 2.24) is 10.2 Å². The van der Waals surface area contributed by atoms with Crippen molar-refractivity contribution in [3.05, 3.63) is 64.7 Å². The first kappa shape index (κ1) is 22.0. The van der Waals surface area contributed by atoms with Crippen molar-refractivity contribution in [3.8, 4) is 5.75 Å². The summed E-state index contributed by atoms with van der Waals surface area (Å²) in [6.07, 6.45) is 3.22. The molecular formula is C25H28N2O5. The first-order valence-corrected chi connectivity index (χ1v) is 11.1. The molecule has 4 rings (SSSR count). The number of carboxylic acids is 1. The van der Waals surface area contributed by atoms with E-state index in [1.165, 1.54) is 16.0 Å². The number of fused-ring (bicyclic) bond motifs is 2. The number of hydrogen-bond donors (Lipinski definition) is 2. The summed E-state index contributed by atoms with van der Waals surface area (Å²) in [5, 5.41) is 12.4. The maximum atomic E-state index is 12.6. The van der Waals surface area contributed by atoms with Gasteiger partial charge >= 0.3 is 5.97 Å². The minimum atomic E-state index is -0.786. The number of nitrogens with zero attached hydrogens (tertiary/aromatic N) is 1. The zero-order valence-corrected chi connectivity index (χ0v) is 18.2. The molecule has 32 heavy (non-hydrogen) atoms. The van der Waals surface area contributed by atoms with Crippen LogP contribution in [0.4, 0.5) is 0 Å². The molecule has 1 heterocycles. The van der Waals surface area contributed by atoms with E-state index in [0.717, 1.165) is 25.0 Å². The van der Waals surface area contributed by atoms with Crippen molar-refractivity contribution < 1.29 is 24.2 Å². The van der Waals surface area contributed by atoms with Gasteiger partial charge in [-0.1, -0.05) is 18.2 Å². The molecule has 7 nitrogen and oxygen atoms in total. The number of methoxy groups -OCH3 is 1. The first-order chi connectivity index (χ1) is 15.5. The highest BCUT2D eigenvalue weighted by Crippen LogP contribution is 2.44. The molecular weight excluding hydrogens is 408 g/mol. The van der Waals surface area contributed by atoms with Crippen molar-refractivity contribution >= 4 is 17.8 Å². The van der Waals surface area contributed by atoms with Crippen molar-refractivity contribution in [1.29, 1.82) is 0 Å². The van der Waals surface area contributed by atoms with Crippen LogP contribution in [0.15, 0.2) is 42.5 Å². The lowest BCUT2D eigenvalue weighted by Crippen LogP contribution is -2.30. The average Bonchev–Trinajstić information content (AvgIpc) is 3.26. The molecule has 2 unspecified atom stereocenters. The second-order valence-electron chi connectivity index (χ2n) is 8.38. The minimum absolute atomic E-state index is 0.137. The fourth-order valence-electron chi connectivity index (χ4n) is 4.81. The first-order valence-electron chi connectivity index (χ1n) is 11.1. The summed E-state index contributed by atoms with van der Waals surface area (Å²) in [5.74, 6) is -0.0950. The van der Waals surface area contributed by atoms with E-state index in [0.29, 0.717) is 36.6 Å². The number of rotatable bonds is 10.